The number of rotatable bonds is 4. The first-order valence-corrected chi connectivity index (χ1v) is 5.81. The van der Waals surface area contributed by atoms with Crippen molar-refractivity contribution in [2.75, 3.05) is 13.6 Å². The molecular weight excluding hydrogens is 214 g/mol. The molecule has 0 aliphatic rings. The summed E-state index contributed by atoms with van der Waals surface area (Å²) in [6.07, 6.45) is 1.89. The van der Waals surface area contributed by atoms with Gasteiger partial charge in [-0.1, -0.05) is 0 Å². The van der Waals surface area contributed by atoms with Gasteiger partial charge in [-0.3, -0.25) is 0 Å². The highest BCUT2D eigenvalue weighted by Gasteiger charge is 2.25. The molecule has 4 heteroatoms. The van der Waals surface area contributed by atoms with Crippen molar-refractivity contribution in [3.63, 3.8) is 0 Å². The van der Waals surface area contributed by atoms with Gasteiger partial charge in [0.1, 0.15) is 11.2 Å². The lowest BCUT2D eigenvalue weighted by molar-refractivity contribution is -0.833. The van der Waals surface area contributed by atoms with Crippen molar-refractivity contribution in [3.8, 4) is 0 Å². The van der Waals surface area contributed by atoms with E-state index in [2.05, 4.69) is 10.3 Å². The first-order valence-electron chi connectivity index (χ1n) is 5.81. The fourth-order valence-corrected chi connectivity index (χ4v) is 2.10. The zero-order valence-electron chi connectivity index (χ0n) is 10.5. The average Bonchev–Trinajstić information content (AvgIpc) is 2.74. The third-order valence-electron chi connectivity index (χ3n) is 3.05. The number of benzene rings is 1. The minimum atomic E-state index is -0.380. The van der Waals surface area contributed by atoms with Crippen LogP contribution in [0, 0.1) is 5.21 Å². The van der Waals surface area contributed by atoms with E-state index in [1.54, 1.807) is 0 Å². The van der Waals surface area contributed by atoms with Crippen molar-refractivity contribution in [2.45, 2.75) is 19.4 Å². The topological polar surface area (TPSA) is 55.3 Å². The zero-order valence-corrected chi connectivity index (χ0v) is 10.5. The Morgan fingerprint density at radius 2 is 2.12 bits per heavy atom. The predicted octanol–water partition coefficient (Wildman–Crippen LogP) is 1.18. The number of hydrogen-bond donors (Lipinski definition) is 3. The molecule has 0 amide bonds. The fourth-order valence-electron chi connectivity index (χ4n) is 2.10. The second-order valence-electron chi connectivity index (χ2n) is 5.02. The molecule has 0 aliphatic heterocycles. The molecular formula is C13H19N3O. The molecule has 1 heterocycles. The Bertz CT molecular complexity index is 504. The number of hydroxylamine groups is 1. The van der Waals surface area contributed by atoms with Crippen LogP contribution in [0.2, 0.25) is 0 Å². The highest BCUT2D eigenvalue weighted by molar-refractivity contribution is 5.81. The van der Waals surface area contributed by atoms with Crippen molar-refractivity contribution in [1.82, 2.24) is 10.3 Å². The van der Waals surface area contributed by atoms with E-state index in [1.807, 2.05) is 51.4 Å². The maximum Gasteiger partial charge on any atom is 0.133 e. The molecule has 2 aromatic rings. The molecule has 0 saturated heterocycles. The van der Waals surface area contributed by atoms with Crippen molar-refractivity contribution in [3.05, 3.63) is 35.7 Å². The average molecular weight is 233 g/mol. The Hall–Kier alpha value is -1.36. The predicted molar refractivity (Wildman–Crippen MR) is 70.3 cm³/mol. The van der Waals surface area contributed by atoms with Crippen LogP contribution in [-0.4, -0.2) is 24.1 Å². The normalized spacial score (nSPS) is 14.1. The number of aromatic nitrogens is 1. The minimum absolute atomic E-state index is 0.170. The summed E-state index contributed by atoms with van der Waals surface area (Å²) in [6.45, 7) is 4.60. The van der Waals surface area contributed by atoms with Gasteiger partial charge in [0, 0.05) is 18.3 Å². The van der Waals surface area contributed by atoms with Gasteiger partial charge in [-0.15, -0.1) is 0 Å². The van der Waals surface area contributed by atoms with Crippen LogP contribution in [0.3, 0.4) is 0 Å². The van der Waals surface area contributed by atoms with E-state index in [0.29, 0.717) is 6.54 Å². The van der Waals surface area contributed by atoms with Gasteiger partial charge in [0.05, 0.1) is 12.1 Å². The molecule has 0 aliphatic carbocycles. The lowest BCUT2D eigenvalue weighted by atomic mass is 10.0. The number of H-pyrrole nitrogens is 1. The van der Waals surface area contributed by atoms with Gasteiger partial charge in [0.25, 0.3) is 0 Å². The molecule has 3 N–H and O–H groups in total. The minimum Gasteiger partial charge on any atom is -0.628 e. The van der Waals surface area contributed by atoms with Crippen LogP contribution >= 0.6 is 0 Å². The molecule has 1 aromatic heterocycles. The van der Waals surface area contributed by atoms with Gasteiger partial charge < -0.3 is 20.6 Å². The number of nitrogens with one attached hydrogen (secondary N) is 3. The SMILES string of the molecule is CNCC(C)(C)[NH+]([O-])c1ccc2cc[nH]c2c1. The molecule has 92 valence electrons. The second-order valence-corrected chi connectivity index (χ2v) is 5.02. The zero-order chi connectivity index (χ0) is 12.5. The number of likely N-dealkylation sites (N-methyl/N-ethyl adjacent to an activating group) is 1. The monoisotopic (exact) mass is 233 g/mol. The molecule has 2 rings (SSSR count). The molecule has 4 nitrogen and oxygen atoms in total. The van der Waals surface area contributed by atoms with Crippen molar-refractivity contribution in [2.24, 2.45) is 0 Å². The molecule has 17 heavy (non-hydrogen) atoms. The summed E-state index contributed by atoms with van der Waals surface area (Å²) in [7, 11) is 1.86. The molecule has 1 atom stereocenters. The fraction of sp³-hybridized carbons (Fsp3) is 0.385. The Kier molecular flexibility index (Phi) is 3.19. The van der Waals surface area contributed by atoms with Crippen LogP contribution in [0.1, 0.15) is 13.8 Å². The van der Waals surface area contributed by atoms with Crippen LogP contribution < -0.4 is 10.4 Å². The molecule has 0 radical (unpaired) electrons. The summed E-state index contributed by atoms with van der Waals surface area (Å²) in [5.41, 5.74) is 1.39. The summed E-state index contributed by atoms with van der Waals surface area (Å²) in [5.74, 6) is 0. The standard InChI is InChI=1S/C13H19N3O/c1-13(2,9-14-3)16(17)11-5-4-10-6-7-15-12(10)8-11/h4-8,14-16H,9H2,1-3H3. The second kappa shape index (κ2) is 4.49. The van der Waals surface area contributed by atoms with Gasteiger partial charge in [-0.05, 0) is 38.4 Å². The van der Waals surface area contributed by atoms with E-state index in [0.717, 1.165) is 16.6 Å². The summed E-state index contributed by atoms with van der Waals surface area (Å²) >= 11 is 0. The van der Waals surface area contributed by atoms with Crippen molar-refractivity contribution < 1.29 is 5.06 Å². The summed E-state index contributed by atoms with van der Waals surface area (Å²) in [4.78, 5) is 3.13. The van der Waals surface area contributed by atoms with E-state index >= 15 is 0 Å². The van der Waals surface area contributed by atoms with Gasteiger partial charge in [-0.25, -0.2) is 0 Å². The van der Waals surface area contributed by atoms with Gasteiger partial charge in [0.2, 0.25) is 0 Å². The number of hydrogen-bond acceptors (Lipinski definition) is 2. The van der Waals surface area contributed by atoms with E-state index in [4.69, 9.17) is 0 Å². The first kappa shape index (κ1) is 12.1. The van der Waals surface area contributed by atoms with Crippen molar-refractivity contribution in [1.29, 1.82) is 0 Å². The third-order valence-corrected chi connectivity index (χ3v) is 3.05. The summed E-state index contributed by atoms with van der Waals surface area (Å²) in [6, 6.07) is 7.81. The van der Waals surface area contributed by atoms with E-state index < -0.39 is 0 Å². The largest absolute Gasteiger partial charge is 0.628 e. The number of fused-ring (bicyclic) bond motifs is 1. The molecule has 1 unspecified atom stereocenters. The molecule has 0 saturated carbocycles. The molecule has 0 fully saturated rings. The molecule has 0 spiro atoms. The van der Waals surface area contributed by atoms with Gasteiger partial charge >= 0.3 is 0 Å². The van der Waals surface area contributed by atoms with Crippen LogP contribution in [0.15, 0.2) is 30.5 Å². The van der Waals surface area contributed by atoms with Crippen LogP contribution in [0.4, 0.5) is 5.69 Å². The van der Waals surface area contributed by atoms with E-state index in [9.17, 15) is 5.21 Å². The van der Waals surface area contributed by atoms with Crippen LogP contribution in [0.5, 0.6) is 0 Å². The Morgan fingerprint density at radius 1 is 1.35 bits per heavy atom. The first-order chi connectivity index (χ1) is 8.04. The highest BCUT2D eigenvalue weighted by atomic mass is 16.5. The maximum absolute atomic E-state index is 12.4. The van der Waals surface area contributed by atoms with Gasteiger partial charge in [0.15, 0.2) is 0 Å². The van der Waals surface area contributed by atoms with Crippen LogP contribution in [-0.2, 0) is 0 Å². The smallest absolute Gasteiger partial charge is 0.133 e. The summed E-state index contributed by atoms with van der Waals surface area (Å²) < 4.78 is 0. The number of quaternary nitrogens is 1. The highest BCUT2D eigenvalue weighted by Crippen LogP contribution is 2.16. The molecule has 1 aromatic carbocycles. The Labute approximate surface area is 101 Å². The molecule has 0 bridgehead atoms. The number of aromatic amines is 1. The van der Waals surface area contributed by atoms with E-state index in [-0.39, 0.29) is 10.6 Å². The third kappa shape index (κ3) is 2.34. The summed E-state index contributed by atoms with van der Waals surface area (Å²) in [5, 5.41) is 16.7. The lowest BCUT2D eigenvalue weighted by Crippen LogP contribution is -3.12. The maximum atomic E-state index is 12.4. The Balaban J connectivity index is 2.32. The Morgan fingerprint density at radius 3 is 2.82 bits per heavy atom. The van der Waals surface area contributed by atoms with Crippen LogP contribution in [0.25, 0.3) is 10.9 Å². The lowest BCUT2D eigenvalue weighted by Gasteiger charge is -2.37. The van der Waals surface area contributed by atoms with Crippen molar-refractivity contribution >= 4 is 16.6 Å². The quantitative estimate of drug-likeness (QED) is 0.695. The van der Waals surface area contributed by atoms with E-state index in [1.165, 1.54) is 0 Å². The van der Waals surface area contributed by atoms with Gasteiger partial charge in [-0.2, -0.15) is 0 Å².